The molecule has 0 fully saturated rings. The number of aryl methyl sites for hydroxylation is 1. The van der Waals surface area contributed by atoms with Crippen LogP contribution in [0.2, 0.25) is 0 Å². The number of nitrogens with one attached hydrogen (secondary N) is 2. The van der Waals surface area contributed by atoms with Gasteiger partial charge in [0.25, 0.3) is 0 Å². The van der Waals surface area contributed by atoms with Gasteiger partial charge in [0, 0.05) is 11.9 Å². The van der Waals surface area contributed by atoms with Crippen LogP contribution in [0.1, 0.15) is 11.4 Å². The Hall–Kier alpha value is -4.26. The number of hydrogen-bond donors (Lipinski definition) is 2. The van der Waals surface area contributed by atoms with Crippen molar-refractivity contribution >= 4 is 22.3 Å². The smallest absolute Gasteiger partial charge is 0.216 e. The maximum absolute atomic E-state index is 9.27. The molecule has 4 aromatic rings. The molecule has 2 aromatic carbocycles. The fourth-order valence-corrected chi connectivity index (χ4v) is 2.63. The van der Waals surface area contributed by atoms with E-state index in [9.17, 15) is 5.26 Å². The van der Waals surface area contributed by atoms with Crippen LogP contribution in [0.3, 0.4) is 0 Å². The number of rotatable bonds is 5. The number of anilines is 1. The van der Waals surface area contributed by atoms with E-state index in [4.69, 9.17) is 4.74 Å². The number of tetrazole rings is 1. The van der Waals surface area contributed by atoms with E-state index < -0.39 is 0 Å². The summed E-state index contributed by atoms with van der Waals surface area (Å²) in [5.41, 5.74) is 4.32. The number of fused-ring (bicyclic) bond motifs is 1. The Balaban J connectivity index is 1.65. The van der Waals surface area contributed by atoms with Crippen molar-refractivity contribution in [3.8, 4) is 17.5 Å². The van der Waals surface area contributed by atoms with Gasteiger partial charge in [-0.05, 0) is 54.1 Å². The molecule has 2 heterocycles. The second kappa shape index (κ2) is 7.16. The van der Waals surface area contributed by atoms with Crippen LogP contribution < -0.4 is 10.1 Å². The molecule has 0 bridgehead atoms. The second-order valence-electron chi connectivity index (χ2n) is 5.89. The van der Waals surface area contributed by atoms with E-state index in [0.29, 0.717) is 0 Å². The van der Waals surface area contributed by atoms with Crippen LogP contribution in [0.5, 0.6) is 5.75 Å². The largest absolute Gasteiger partial charge is 0.497 e. The summed E-state index contributed by atoms with van der Waals surface area (Å²) in [6.07, 6.45) is 1.53. The third-order valence-corrected chi connectivity index (χ3v) is 4.11. The zero-order valence-corrected chi connectivity index (χ0v) is 15.1. The minimum Gasteiger partial charge on any atom is -0.497 e. The normalized spacial score (nSPS) is 11.4. The van der Waals surface area contributed by atoms with Gasteiger partial charge in [-0.15, -0.1) is 20.4 Å². The van der Waals surface area contributed by atoms with Crippen molar-refractivity contribution < 1.29 is 4.74 Å². The third kappa shape index (κ3) is 3.24. The molecule has 28 heavy (non-hydrogen) atoms. The predicted octanol–water partition coefficient (Wildman–Crippen LogP) is 2.23. The van der Waals surface area contributed by atoms with Gasteiger partial charge in [-0.3, -0.25) is 0 Å². The third-order valence-electron chi connectivity index (χ3n) is 4.11. The van der Waals surface area contributed by atoms with Gasteiger partial charge in [0.05, 0.1) is 12.8 Å². The SMILES string of the molecule is COc1ccc(-n2nc3cc(C)c(NC=C(C#N)c4nn[nH]n4)cc3n2)cc1. The molecule has 2 aromatic heterocycles. The lowest BCUT2D eigenvalue weighted by Crippen LogP contribution is -1.98. The number of ether oxygens (including phenoxy) is 1. The van der Waals surface area contributed by atoms with E-state index in [1.807, 2.05) is 49.4 Å². The Morgan fingerprint density at radius 2 is 1.96 bits per heavy atom. The number of nitrogens with zero attached hydrogens (tertiary/aromatic N) is 7. The van der Waals surface area contributed by atoms with E-state index in [-0.39, 0.29) is 11.4 Å². The molecule has 0 aliphatic carbocycles. The van der Waals surface area contributed by atoms with E-state index in [1.165, 1.54) is 6.20 Å². The van der Waals surface area contributed by atoms with Gasteiger partial charge in [0.1, 0.15) is 28.4 Å². The highest BCUT2D eigenvalue weighted by Crippen LogP contribution is 2.23. The summed E-state index contributed by atoms with van der Waals surface area (Å²) in [6, 6.07) is 13.3. The summed E-state index contributed by atoms with van der Waals surface area (Å²) in [6.45, 7) is 1.95. The summed E-state index contributed by atoms with van der Waals surface area (Å²) >= 11 is 0. The maximum Gasteiger partial charge on any atom is 0.216 e. The Bertz CT molecular complexity index is 1180. The van der Waals surface area contributed by atoms with Gasteiger partial charge in [-0.25, -0.2) is 0 Å². The van der Waals surface area contributed by atoms with E-state index in [2.05, 4.69) is 36.1 Å². The molecule has 138 valence electrons. The number of aromatic nitrogens is 7. The number of hydrogen-bond acceptors (Lipinski definition) is 8. The van der Waals surface area contributed by atoms with Crippen LogP contribution in [-0.4, -0.2) is 42.7 Å². The quantitative estimate of drug-likeness (QED) is 0.509. The molecule has 0 amide bonds. The van der Waals surface area contributed by atoms with E-state index in [1.54, 1.807) is 11.9 Å². The molecule has 0 saturated carbocycles. The van der Waals surface area contributed by atoms with Crippen LogP contribution >= 0.6 is 0 Å². The van der Waals surface area contributed by atoms with Crippen LogP contribution in [0.25, 0.3) is 22.3 Å². The molecule has 0 spiro atoms. The van der Waals surface area contributed by atoms with Crippen LogP contribution in [0, 0.1) is 18.3 Å². The van der Waals surface area contributed by atoms with E-state index >= 15 is 0 Å². The topological polar surface area (TPSA) is 130 Å². The van der Waals surface area contributed by atoms with Gasteiger partial charge in [-0.1, -0.05) is 0 Å². The monoisotopic (exact) mass is 373 g/mol. The summed E-state index contributed by atoms with van der Waals surface area (Å²) < 4.78 is 5.18. The molecule has 0 atom stereocenters. The van der Waals surface area contributed by atoms with Crippen molar-refractivity contribution in [2.45, 2.75) is 6.92 Å². The summed E-state index contributed by atoms with van der Waals surface area (Å²) in [5, 5.41) is 34.8. The fraction of sp³-hybridized carbons (Fsp3) is 0.111. The molecule has 4 rings (SSSR count). The summed E-state index contributed by atoms with van der Waals surface area (Å²) in [4.78, 5) is 1.57. The lowest BCUT2D eigenvalue weighted by molar-refractivity contribution is 0.414. The lowest BCUT2D eigenvalue weighted by atomic mass is 10.1. The van der Waals surface area contributed by atoms with Crippen molar-refractivity contribution in [3.05, 3.63) is 54.0 Å². The number of methoxy groups -OCH3 is 1. The molecule has 0 aliphatic heterocycles. The average molecular weight is 373 g/mol. The Kier molecular flexibility index (Phi) is 4.39. The highest BCUT2D eigenvalue weighted by Gasteiger charge is 2.10. The zero-order chi connectivity index (χ0) is 19.5. The van der Waals surface area contributed by atoms with Crippen LogP contribution in [0.15, 0.2) is 42.6 Å². The van der Waals surface area contributed by atoms with Crippen molar-refractivity contribution in [1.82, 2.24) is 35.6 Å². The molecule has 0 radical (unpaired) electrons. The highest BCUT2D eigenvalue weighted by atomic mass is 16.5. The Labute approximate surface area is 159 Å². The van der Waals surface area contributed by atoms with Crippen molar-refractivity contribution in [2.75, 3.05) is 12.4 Å². The van der Waals surface area contributed by atoms with Crippen molar-refractivity contribution in [2.24, 2.45) is 0 Å². The Morgan fingerprint density at radius 3 is 2.61 bits per heavy atom. The highest BCUT2D eigenvalue weighted by molar-refractivity contribution is 5.82. The predicted molar refractivity (Wildman–Crippen MR) is 102 cm³/mol. The van der Waals surface area contributed by atoms with Gasteiger partial charge in [-0.2, -0.15) is 15.3 Å². The molecule has 0 aliphatic rings. The molecule has 10 heteroatoms. The van der Waals surface area contributed by atoms with Crippen molar-refractivity contribution in [3.63, 3.8) is 0 Å². The molecular weight excluding hydrogens is 358 g/mol. The lowest BCUT2D eigenvalue weighted by Gasteiger charge is -2.05. The average Bonchev–Trinajstić information content (AvgIpc) is 3.38. The first-order valence-electron chi connectivity index (χ1n) is 8.30. The first-order chi connectivity index (χ1) is 13.7. The van der Waals surface area contributed by atoms with Crippen LogP contribution in [0.4, 0.5) is 5.69 Å². The summed E-state index contributed by atoms with van der Waals surface area (Å²) in [5.74, 6) is 0.989. The minimum atomic E-state index is 0.221. The van der Waals surface area contributed by atoms with Crippen LogP contribution in [-0.2, 0) is 0 Å². The van der Waals surface area contributed by atoms with E-state index in [0.717, 1.165) is 33.7 Å². The minimum absolute atomic E-state index is 0.221. The number of benzene rings is 2. The molecule has 0 saturated heterocycles. The maximum atomic E-state index is 9.27. The first-order valence-corrected chi connectivity index (χ1v) is 8.30. The van der Waals surface area contributed by atoms with Gasteiger partial charge < -0.3 is 10.1 Å². The molecule has 2 N–H and O–H groups in total. The fourth-order valence-electron chi connectivity index (χ4n) is 2.63. The number of allylic oxidation sites excluding steroid dienone is 1. The first kappa shape index (κ1) is 17.2. The van der Waals surface area contributed by atoms with Gasteiger partial charge in [0.15, 0.2) is 0 Å². The number of nitriles is 1. The molecule has 10 nitrogen and oxygen atoms in total. The number of H-pyrrole nitrogens is 1. The Morgan fingerprint density at radius 1 is 1.21 bits per heavy atom. The van der Waals surface area contributed by atoms with Crippen molar-refractivity contribution in [1.29, 1.82) is 5.26 Å². The summed E-state index contributed by atoms with van der Waals surface area (Å²) in [7, 11) is 1.62. The van der Waals surface area contributed by atoms with Gasteiger partial charge >= 0.3 is 0 Å². The number of aromatic amines is 1. The molecular formula is C18H15N9O. The zero-order valence-electron chi connectivity index (χ0n) is 15.1. The molecule has 0 unspecified atom stereocenters. The van der Waals surface area contributed by atoms with Gasteiger partial charge in [0.2, 0.25) is 5.82 Å². The standard InChI is InChI=1S/C18H15N9O/c1-11-7-16-17(24-27(23-16)13-3-5-14(28-2)6-4-13)8-15(11)20-10-12(9-19)18-21-25-26-22-18/h3-8,10,20H,1-2H3,(H,21,22,25,26). The second-order valence-corrected chi connectivity index (χ2v) is 5.89.